The van der Waals surface area contributed by atoms with Gasteiger partial charge in [0.25, 0.3) is 11.6 Å². The summed E-state index contributed by atoms with van der Waals surface area (Å²) in [5.41, 5.74) is 0.349. The van der Waals surface area contributed by atoms with Gasteiger partial charge in [0.1, 0.15) is 0 Å². The van der Waals surface area contributed by atoms with E-state index in [9.17, 15) is 32.9 Å². The van der Waals surface area contributed by atoms with Crippen LogP contribution >= 0.6 is 11.6 Å². The second-order valence-corrected chi connectivity index (χ2v) is 6.30. The van der Waals surface area contributed by atoms with E-state index < -0.39 is 22.9 Å². The molecule has 0 aliphatic rings. The van der Waals surface area contributed by atoms with Gasteiger partial charge >= 0.3 is 12.1 Å². The van der Waals surface area contributed by atoms with Gasteiger partial charge in [0.05, 0.1) is 15.5 Å². The summed E-state index contributed by atoms with van der Waals surface area (Å²) >= 11 is 5.92. The summed E-state index contributed by atoms with van der Waals surface area (Å²) in [6.45, 7) is 0.982. The van der Waals surface area contributed by atoms with Gasteiger partial charge in [-0.25, -0.2) is 0 Å². The third-order valence-electron chi connectivity index (χ3n) is 3.88. The number of carbonyl (C=O) groups is 2. The molecule has 0 saturated heterocycles. The van der Waals surface area contributed by atoms with Crippen LogP contribution in [0.15, 0.2) is 42.5 Å². The van der Waals surface area contributed by atoms with Crippen molar-refractivity contribution in [3.8, 4) is 0 Å². The summed E-state index contributed by atoms with van der Waals surface area (Å²) in [6.07, 6.45) is -4.98. The van der Waals surface area contributed by atoms with E-state index in [1.807, 2.05) is 0 Å². The molecule has 0 bridgehead atoms. The molecule has 0 heterocycles. The van der Waals surface area contributed by atoms with Gasteiger partial charge in [-0.05, 0) is 30.7 Å². The predicted molar refractivity (Wildman–Crippen MR) is 99.6 cm³/mol. The molecule has 29 heavy (non-hydrogen) atoms. The molecule has 2 aromatic rings. The fourth-order valence-electron chi connectivity index (χ4n) is 2.47. The lowest BCUT2D eigenvalue weighted by Gasteiger charge is -2.22. The Hall–Kier alpha value is -3.14. The molecule has 2 rings (SSSR count). The van der Waals surface area contributed by atoms with E-state index in [4.69, 9.17) is 11.6 Å². The summed E-state index contributed by atoms with van der Waals surface area (Å²) < 4.78 is 37.9. The Morgan fingerprint density at radius 3 is 2.45 bits per heavy atom. The molecule has 2 amide bonds. The van der Waals surface area contributed by atoms with Crippen LogP contribution in [0.3, 0.4) is 0 Å². The fourth-order valence-corrected chi connectivity index (χ4v) is 2.74. The molecule has 0 aliphatic heterocycles. The quantitative estimate of drug-likeness (QED) is 0.543. The first-order valence-electron chi connectivity index (χ1n) is 8.23. The van der Waals surface area contributed by atoms with Crippen LogP contribution in [0.5, 0.6) is 0 Å². The third kappa shape index (κ3) is 5.67. The molecule has 1 N–H and O–H groups in total. The Morgan fingerprint density at radius 1 is 1.21 bits per heavy atom. The van der Waals surface area contributed by atoms with Crippen LogP contribution in [0.4, 0.5) is 24.5 Å². The molecule has 154 valence electrons. The number of carbonyl (C=O) groups excluding carboxylic acids is 2. The molecule has 0 spiro atoms. The minimum absolute atomic E-state index is 0.00916. The lowest BCUT2D eigenvalue weighted by molar-refractivity contribution is -0.384. The maximum Gasteiger partial charge on any atom is 0.471 e. The van der Waals surface area contributed by atoms with E-state index in [-0.39, 0.29) is 35.1 Å². The second kappa shape index (κ2) is 8.91. The Labute approximate surface area is 168 Å². The highest BCUT2D eigenvalue weighted by Crippen LogP contribution is 2.24. The number of nitro benzene ring substituents is 1. The van der Waals surface area contributed by atoms with Crippen molar-refractivity contribution < 1.29 is 27.7 Å². The zero-order valence-corrected chi connectivity index (χ0v) is 15.8. The summed E-state index contributed by atoms with van der Waals surface area (Å²) in [5, 5.41) is 13.1. The van der Waals surface area contributed by atoms with E-state index in [0.717, 1.165) is 12.1 Å². The maximum absolute atomic E-state index is 12.6. The van der Waals surface area contributed by atoms with Gasteiger partial charge in [-0.2, -0.15) is 13.2 Å². The Morgan fingerprint density at radius 2 is 1.90 bits per heavy atom. The average Bonchev–Trinajstić information content (AvgIpc) is 2.64. The standard InChI is InChI=1S/C18H15ClF3N3O4/c1-2-24(17(27)18(20,21)22)10-11-4-3-5-12(8-11)23-16(26)14-7-6-13(25(28)29)9-15(14)19/h3-9H,2,10H2,1H3,(H,23,26). The summed E-state index contributed by atoms with van der Waals surface area (Å²) in [5.74, 6) is -2.60. The SMILES string of the molecule is CCN(Cc1cccc(NC(=O)c2ccc([N+](=O)[O-])cc2Cl)c1)C(=O)C(F)(F)F. The van der Waals surface area contributed by atoms with Crippen LogP contribution < -0.4 is 5.32 Å². The number of halogens is 4. The average molecular weight is 430 g/mol. The topological polar surface area (TPSA) is 92.6 Å². The highest BCUT2D eigenvalue weighted by molar-refractivity contribution is 6.34. The number of alkyl halides is 3. The van der Waals surface area contributed by atoms with Gasteiger partial charge in [0.2, 0.25) is 0 Å². The van der Waals surface area contributed by atoms with Crippen molar-refractivity contribution in [3.63, 3.8) is 0 Å². The monoisotopic (exact) mass is 429 g/mol. The molecule has 0 atom stereocenters. The van der Waals surface area contributed by atoms with Crippen LogP contribution in [-0.4, -0.2) is 34.4 Å². The van der Waals surface area contributed by atoms with Gasteiger partial charge in [-0.1, -0.05) is 23.7 Å². The van der Waals surface area contributed by atoms with Crippen LogP contribution in [0, 0.1) is 10.1 Å². The third-order valence-corrected chi connectivity index (χ3v) is 4.19. The number of nitrogens with zero attached hydrogens (tertiary/aromatic N) is 2. The molecular formula is C18H15ClF3N3O4. The Bertz CT molecular complexity index is 950. The van der Waals surface area contributed by atoms with Gasteiger partial charge in [-0.15, -0.1) is 0 Å². The van der Waals surface area contributed by atoms with Crippen molar-refractivity contribution in [2.45, 2.75) is 19.6 Å². The van der Waals surface area contributed by atoms with E-state index >= 15 is 0 Å². The van der Waals surface area contributed by atoms with Crippen molar-refractivity contribution in [2.24, 2.45) is 0 Å². The number of nitrogens with one attached hydrogen (secondary N) is 1. The fraction of sp³-hybridized carbons (Fsp3) is 0.222. The first-order chi connectivity index (χ1) is 13.5. The molecule has 0 fully saturated rings. The highest BCUT2D eigenvalue weighted by atomic mass is 35.5. The molecule has 2 aromatic carbocycles. The maximum atomic E-state index is 12.6. The smallest absolute Gasteiger partial charge is 0.331 e. The number of amides is 2. The van der Waals surface area contributed by atoms with E-state index in [1.165, 1.54) is 37.3 Å². The highest BCUT2D eigenvalue weighted by Gasteiger charge is 2.41. The van der Waals surface area contributed by atoms with Gasteiger partial charge in [-0.3, -0.25) is 19.7 Å². The number of non-ortho nitro benzene ring substituents is 1. The zero-order chi connectivity index (χ0) is 21.8. The van der Waals surface area contributed by atoms with Gasteiger partial charge < -0.3 is 10.2 Å². The van der Waals surface area contributed by atoms with Crippen molar-refractivity contribution in [1.82, 2.24) is 4.90 Å². The number of nitro groups is 1. The van der Waals surface area contributed by atoms with E-state index in [0.29, 0.717) is 10.5 Å². The molecule has 0 aromatic heterocycles. The number of anilines is 1. The van der Waals surface area contributed by atoms with Crippen LogP contribution in [0.1, 0.15) is 22.8 Å². The molecule has 0 unspecified atom stereocenters. The van der Waals surface area contributed by atoms with Gasteiger partial charge in [0, 0.05) is 30.9 Å². The number of rotatable bonds is 6. The lowest BCUT2D eigenvalue weighted by Crippen LogP contribution is -2.40. The predicted octanol–water partition coefficient (Wildman–Crippen LogP) is 4.41. The van der Waals surface area contributed by atoms with Crippen molar-refractivity contribution >= 4 is 34.8 Å². The lowest BCUT2D eigenvalue weighted by atomic mass is 10.1. The molecule has 0 radical (unpaired) electrons. The van der Waals surface area contributed by atoms with Gasteiger partial charge in [0.15, 0.2) is 0 Å². The molecule has 11 heteroatoms. The Kier molecular flexibility index (Phi) is 6.80. The van der Waals surface area contributed by atoms with Crippen molar-refractivity contribution in [3.05, 3.63) is 68.7 Å². The molecule has 0 saturated carbocycles. The van der Waals surface area contributed by atoms with Crippen LogP contribution in [-0.2, 0) is 11.3 Å². The minimum Gasteiger partial charge on any atom is -0.331 e. The number of benzene rings is 2. The van der Waals surface area contributed by atoms with Crippen molar-refractivity contribution in [1.29, 1.82) is 0 Å². The van der Waals surface area contributed by atoms with E-state index in [1.54, 1.807) is 0 Å². The zero-order valence-electron chi connectivity index (χ0n) is 15.0. The molecular weight excluding hydrogens is 415 g/mol. The van der Waals surface area contributed by atoms with Crippen LogP contribution in [0.2, 0.25) is 5.02 Å². The first-order valence-corrected chi connectivity index (χ1v) is 8.61. The summed E-state index contributed by atoms with van der Waals surface area (Å²) in [6, 6.07) is 9.30. The minimum atomic E-state index is -4.98. The summed E-state index contributed by atoms with van der Waals surface area (Å²) in [4.78, 5) is 34.5. The Balaban J connectivity index is 2.16. The number of hydrogen-bond acceptors (Lipinski definition) is 4. The first kappa shape index (κ1) is 22.2. The van der Waals surface area contributed by atoms with E-state index in [2.05, 4.69) is 5.32 Å². The molecule has 0 aliphatic carbocycles. The largest absolute Gasteiger partial charge is 0.471 e. The molecule has 7 nitrogen and oxygen atoms in total. The van der Waals surface area contributed by atoms with Crippen molar-refractivity contribution in [2.75, 3.05) is 11.9 Å². The number of hydrogen-bond donors (Lipinski definition) is 1. The second-order valence-electron chi connectivity index (χ2n) is 5.89. The normalized spacial score (nSPS) is 11.1. The van der Waals surface area contributed by atoms with Crippen LogP contribution in [0.25, 0.3) is 0 Å². The summed E-state index contributed by atoms with van der Waals surface area (Å²) in [7, 11) is 0.